The number of amides is 1. The summed E-state index contributed by atoms with van der Waals surface area (Å²) in [5.41, 5.74) is 5.03. The Morgan fingerprint density at radius 3 is 2.48 bits per heavy atom. The van der Waals surface area contributed by atoms with Gasteiger partial charge in [-0.3, -0.25) is 10.1 Å². The van der Waals surface area contributed by atoms with E-state index < -0.39 is 0 Å². The van der Waals surface area contributed by atoms with E-state index in [4.69, 9.17) is 39.8 Å². The number of hydrogen-bond acceptors (Lipinski definition) is 4. The highest BCUT2D eigenvalue weighted by molar-refractivity contribution is 7.80. The van der Waals surface area contributed by atoms with Crippen molar-refractivity contribution < 1.29 is 9.21 Å². The Balaban J connectivity index is 1.54. The van der Waals surface area contributed by atoms with E-state index in [-0.39, 0.29) is 11.0 Å². The number of oxazole rings is 1. The van der Waals surface area contributed by atoms with Gasteiger partial charge in [-0.25, -0.2) is 4.98 Å². The summed E-state index contributed by atoms with van der Waals surface area (Å²) in [7, 11) is 0. The first kappa shape index (κ1) is 21.3. The smallest absolute Gasteiger partial charge is 0.257 e. The van der Waals surface area contributed by atoms with E-state index in [9.17, 15) is 4.79 Å². The van der Waals surface area contributed by atoms with Crippen molar-refractivity contribution in [2.45, 2.75) is 13.8 Å². The molecular weight excluding hydrogens is 453 g/mol. The van der Waals surface area contributed by atoms with Gasteiger partial charge in [0.05, 0.1) is 10.7 Å². The van der Waals surface area contributed by atoms with Gasteiger partial charge in [-0.2, -0.15) is 0 Å². The quantitative estimate of drug-likeness (QED) is 0.333. The van der Waals surface area contributed by atoms with E-state index in [1.807, 2.05) is 19.9 Å². The van der Waals surface area contributed by atoms with Gasteiger partial charge >= 0.3 is 0 Å². The summed E-state index contributed by atoms with van der Waals surface area (Å²) >= 11 is 17.7. The van der Waals surface area contributed by atoms with Gasteiger partial charge < -0.3 is 9.73 Å². The van der Waals surface area contributed by atoms with Crippen molar-refractivity contribution in [1.82, 2.24) is 10.3 Å². The number of hydrogen-bond donors (Lipinski definition) is 2. The standard InChI is InChI=1S/C23H17Cl2N3O2S/c1-12-7-13(2)9-15(8-12)21(29)28-23(31)27-18-10-14(3-5-17(18)25)22-26-19-11-16(24)4-6-20(19)30-22/h3-11H,1-2H3,(H2,27,28,29,31). The summed E-state index contributed by atoms with van der Waals surface area (Å²) in [5, 5.41) is 6.80. The second-order valence-electron chi connectivity index (χ2n) is 7.11. The predicted molar refractivity (Wildman–Crippen MR) is 129 cm³/mol. The molecule has 0 aliphatic carbocycles. The van der Waals surface area contributed by atoms with E-state index in [1.165, 1.54) is 0 Å². The largest absolute Gasteiger partial charge is 0.436 e. The predicted octanol–water partition coefficient (Wildman–Crippen LogP) is 6.55. The first-order chi connectivity index (χ1) is 14.8. The minimum Gasteiger partial charge on any atom is -0.436 e. The van der Waals surface area contributed by atoms with Crippen LogP contribution in [0.3, 0.4) is 0 Å². The number of carbonyl (C=O) groups is 1. The molecule has 0 saturated carbocycles. The Kier molecular flexibility index (Phi) is 5.96. The fourth-order valence-corrected chi connectivity index (χ4v) is 3.75. The number of halogens is 2. The molecule has 4 aromatic rings. The van der Waals surface area contributed by atoms with Gasteiger partial charge in [0.15, 0.2) is 10.7 Å². The van der Waals surface area contributed by atoms with Crippen LogP contribution in [0.1, 0.15) is 21.5 Å². The fourth-order valence-electron chi connectivity index (χ4n) is 3.21. The van der Waals surface area contributed by atoms with Crippen LogP contribution in [-0.4, -0.2) is 16.0 Å². The molecular formula is C23H17Cl2N3O2S. The zero-order valence-electron chi connectivity index (χ0n) is 16.6. The number of carbonyl (C=O) groups excluding carboxylic acids is 1. The number of benzene rings is 3. The van der Waals surface area contributed by atoms with E-state index in [2.05, 4.69) is 15.6 Å². The van der Waals surface area contributed by atoms with Crippen LogP contribution in [0.15, 0.2) is 59.0 Å². The minimum absolute atomic E-state index is 0.132. The molecule has 1 heterocycles. The number of rotatable bonds is 3. The topological polar surface area (TPSA) is 67.2 Å². The van der Waals surface area contributed by atoms with Crippen molar-refractivity contribution in [3.63, 3.8) is 0 Å². The molecule has 2 N–H and O–H groups in total. The van der Waals surface area contributed by atoms with E-state index in [0.29, 0.717) is 43.9 Å². The van der Waals surface area contributed by atoms with E-state index in [0.717, 1.165) is 11.1 Å². The van der Waals surface area contributed by atoms with Crippen molar-refractivity contribution in [3.05, 3.63) is 81.3 Å². The van der Waals surface area contributed by atoms with Crippen LogP contribution in [-0.2, 0) is 0 Å². The number of aryl methyl sites for hydroxylation is 2. The molecule has 31 heavy (non-hydrogen) atoms. The highest BCUT2D eigenvalue weighted by Gasteiger charge is 2.13. The lowest BCUT2D eigenvalue weighted by atomic mass is 10.1. The van der Waals surface area contributed by atoms with Crippen LogP contribution in [0, 0.1) is 13.8 Å². The zero-order valence-corrected chi connectivity index (χ0v) is 19.0. The lowest BCUT2D eigenvalue weighted by molar-refractivity contribution is 0.0977. The molecule has 0 spiro atoms. The monoisotopic (exact) mass is 469 g/mol. The van der Waals surface area contributed by atoms with E-state index in [1.54, 1.807) is 48.5 Å². The van der Waals surface area contributed by atoms with Gasteiger partial charge in [0.2, 0.25) is 5.89 Å². The fraction of sp³-hybridized carbons (Fsp3) is 0.0870. The summed E-state index contributed by atoms with van der Waals surface area (Å²) in [5.74, 6) is 0.120. The second kappa shape index (κ2) is 8.67. The van der Waals surface area contributed by atoms with Crippen LogP contribution in [0.5, 0.6) is 0 Å². The molecule has 0 fully saturated rings. The molecule has 1 aromatic heterocycles. The maximum Gasteiger partial charge on any atom is 0.257 e. The molecule has 0 atom stereocenters. The second-order valence-corrected chi connectivity index (χ2v) is 8.36. The van der Waals surface area contributed by atoms with Crippen LogP contribution >= 0.6 is 35.4 Å². The molecule has 8 heteroatoms. The zero-order chi connectivity index (χ0) is 22.1. The molecule has 4 rings (SSSR count). The van der Waals surface area contributed by atoms with Gasteiger partial charge in [-0.15, -0.1) is 0 Å². The molecule has 0 aliphatic rings. The van der Waals surface area contributed by atoms with Crippen molar-refractivity contribution in [2.75, 3.05) is 5.32 Å². The molecule has 0 unspecified atom stereocenters. The lowest BCUT2D eigenvalue weighted by Crippen LogP contribution is -2.34. The van der Waals surface area contributed by atoms with Crippen LogP contribution in [0.2, 0.25) is 10.0 Å². The minimum atomic E-state index is -0.299. The SMILES string of the molecule is Cc1cc(C)cc(C(=O)NC(=S)Nc2cc(-c3nc4cc(Cl)ccc4o3)ccc2Cl)c1. The summed E-state index contributed by atoms with van der Waals surface area (Å²) in [6.45, 7) is 3.87. The molecule has 0 saturated heterocycles. The van der Waals surface area contributed by atoms with Gasteiger partial charge in [0.25, 0.3) is 5.91 Å². The first-order valence-corrected chi connectivity index (χ1v) is 10.5. The molecule has 0 radical (unpaired) electrons. The van der Waals surface area contributed by atoms with Crippen LogP contribution < -0.4 is 10.6 Å². The Hall–Kier alpha value is -2.93. The summed E-state index contributed by atoms with van der Waals surface area (Å²) in [6.07, 6.45) is 0. The van der Waals surface area contributed by atoms with Crippen molar-refractivity contribution >= 4 is 63.2 Å². The number of aromatic nitrogens is 1. The van der Waals surface area contributed by atoms with Crippen LogP contribution in [0.4, 0.5) is 5.69 Å². The van der Waals surface area contributed by atoms with Gasteiger partial charge in [0, 0.05) is 16.1 Å². The third-order valence-electron chi connectivity index (χ3n) is 4.52. The summed E-state index contributed by atoms with van der Waals surface area (Å²) < 4.78 is 5.81. The lowest BCUT2D eigenvalue weighted by Gasteiger charge is -2.12. The maximum absolute atomic E-state index is 12.5. The third kappa shape index (κ3) is 4.88. The summed E-state index contributed by atoms with van der Waals surface area (Å²) in [6, 6.07) is 16.1. The Morgan fingerprint density at radius 2 is 1.74 bits per heavy atom. The Labute approximate surface area is 194 Å². The molecule has 5 nitrogen and oxygen atoms in total. The van der Waals surface area contributed by atoms with Crippen molar-refractivity contribution in [1.29, 1.82) is 0 Å². The van der Waals surface area contributed by atoms with Gasteiger partial charge in [-0.1, -0.05) is 40.4 Å². The normalized spacial score (nSPS) is 10.8. The molecule has 156 valence electrons. The van der Waals surface area contributed by atoms with Crippen molar-refractivity contribution in [3.8, 4) is 11.5 Å². The highest BCUT2D eigenvalue weighted by atomic mass is 35.5. The van der Waals surface area contributed by atoms with Gasteiger partial charge in [-0.05, 0) is 74.6 Å². The Bertz CT molecular complexity index is 1310. The number of nitrogens with one attached hydrogen (secondary N) is 2. The van der Waals surface area contributed by atoms with E-state index >= 15 is 0 Å². The average molecular weight is 470 g/mol. The first-order valence-electron chi connectivity index (χ1n) is 9.35. The number of fused-ring (bicyclic) bond motifs is 1. The molecule has 3 aromatic carbocycles. The number of nitrogens with zero attached hydrogens (tertiary/aromatic N) is 1. The van der Waals surface area contributed by atoms with Crippen LogP contribution in [0.25, 0.3) is 22.6 Å². The molecule has 1 amide bonds. The molecule has 0 aliphatic heterocycles. The van der Waals surface area contributed by atoms with Gasteiger partial charge in [0.1, 0.15) is 5.52 Å². The molecule has 0 bridgehead atoms. The highest BCUT2D eigenvalue weighted by Crippen LogP contribution is 2.31. The maximum atomic E-state index is 12.5. The number of anilines is 1. The Morgan fingerprint density at radius 1 is 1.00 bits per heavy atom. The average Bonchev–Trinajstić information content (AvgIpc) is 3.12. The third-order valence-corrected chi connectivity index (χ3v) is 5.29. The number of thiocarbonyl (C=S) groups is 1. The van der Waals surface area contributed by atoms with Crippen molar-refractivity contribution in [2.24, 2.45) is 0 Å². The summed E-state index contributed by atoms with van der Waals surface area (Å²) in [4.78, 5) is 17.0.